The highest BCUT2D eigenvalue weighted by Gasteiger charge is 2.13. The number of benzene rings is 1. The molecule has 0 heterocycles. The summed E-state index contributed by atoms with van der Waals surface area (Å²) in [5.41, 5.74) is 0.389. The molecular formula is C13H12FN3O. The molecule has 1 amide bonds. The molecule has 5 heteroatoms. The molecule has 1 aromatic carbocycles. The minimum atomic E-state index is -0.624. The Balaban J connectivity index is 2.71. The van der Waals surface area contributed by atoms with Crippen molar-refractivity contribution < 1.29 is 9.18 Å². The van der Waals surface area contributed by atoms with Crippen molar-refractivity contribution in [1.29, 1.82) is 5.26 Å². The van der Waals surface area contributed by atoms with Crippen molar-refractivity contribution in [3.63, 3.8) is 0 Å². The largest absolute Gasteiger partial charge is 0.372 e. The summed E-state index contributed by atoms with van der Waals surface area (Å²) in [6.45, 7) is 1.71. The topological polar surface area (TPSA) is 64.9 Å². The van der Waals surface area contributed by atoms with Gasteiger partial charge in [-0.05, 0) is 25.1 Å². The van der Waals surface area contributed by atoms with Crippen LogP contribution in [0.3, 0.4) is 0 Å². The quantitative estimate of drug-likeness (QED) is 0.784. The minimum absolute atomic E-state index is 0.126. The van der Waals surface area contributed by atoms with Gasteiger partial charge in [-0.1, -0.05) is 5.92 Å². The molecule has 0 spiro atoms. The molecule has 18 heavy (non-hydrogen) atoms. The molecule has 0 aliphatic heterocycles. The van der Waals surface area contributed by atoms with Crippen LogP contribution >= 0.6 is 0 Å². The lowest BCUT2D eigenvalue weighted by molar-refractivity contribution is -0.121. The third-order valence-electron chi connectivity index (χ3n) is 2.23. The highest BCUT2D eigenvalue weighted by Crippen LogP contribution is 2.16. The molecule has 92 valence electrons. The average Bonchev–Trinajstić information content (AvgIpc) is 2.38. The lowest BCUT2D eigenvalue weighted by Crippen LogP contribution is -2.37. The van der Waals surface area contributed by atoms with Crippen LogP contribution in [0.15, 0.2) is 18.2 Å². The van der Waals surface area contributed by atoms with Crippen LogP contribution in [0, 0.1) is 29.5 Å². The van der Waals surface area contributed by atoms with E-state index in [1.54, 1.807) is 6.92 Å². The number of halogens is 1. The van der Waals surface area contributed by atoms with E-state index in [9.17, 15) is 9.18 Å². The number of rotatable bonds is 4. The summed E-state index contributed by atoms with van der Waals surface area (Å²) in [6.07, 6.45) is 5.01. The SMILES string of the molecule is C#CCNC(=O)C(C)Nc1ccc(C#N)cc1F. The van der Waals surface area contributed by atoms with Crippen LogP contribution in [-0.2, 0) is 4.79 Å². The summed E-state index contributed by atoms with van der Waals surface area (Å²) in [4.78, 5) is 11.5. The van der Waals surface area contributed by atoms with Crippen molar-refractivity contribution in [2.24, 2.45) is 0 Å². The number of terminal acetylenes is 1. The number of nitrogens with one attached hydrogen (secondary N) is 2. The normalized spacial score (nSPS) is 10.9. The molecular weight excluding hydrogens is 233 g/mol. The molecule has 2 N–H and O–H groups in total. The van der Waals surface area contributed by atoms with Gasteiger partial charge in [0.2, 0.25) is 5.91 Å². The predicted octanol–water partition coefficient (Wildman–Crippen LogP) is 1.25. The van der Waals surface area contributed by atoms with E-state index in [2.05, 4.69) is 16.6 Å². The van der Waals surface area contributed by atoms with E-state index in [0.717, 1.165) is 6.07 Å². The summed E-state index contributed by atoms with van der Waals surface area (Å²) in [6, 6.07) is 5.20. The Morgan fingerprint density at radius 3 is 2.89 bits per heavy atom. The Labute approximate surface area is 105 Å². The van der Waals surface area contributed by atoms with Crippen LogP contribution in [0.2, 0.25) is 0 Å². The average molecular weight is 245 g/mol. The van der Waals surface area contributed by atoms with Crippen LogP contribution in [0.25, 0.3) is 0 Å². The lowest BCUT2D eigenvalue weighted by atomic mass is 10.2. The summed E-state index contributed by atoms with van der Waals surface area (Å²) in [5.74, 6) is 1.37. The van der Waals surface area contributed by atoms with Crippen LogP contribution < -0.4 is 10.6 Å². The summed E-state index contributed by atoms with van der Waals surface area (Å²) < 4.78 is 13.5. The van der Waals surface area contributed by atoms with Crippen molar-refractivity contribution >= 4 is 11.6 Å². The van der Waals surface area contributed by atoms with Crippen molar-refractivity contribution in [1.82, 2.24) is 5.32 Å². The van der Waals surface area contributed by atoms with Crippen LogP contribution in [-0.4, -0.2) is 18.5 Å². The van der Waals surface area contributed by atoms with E-state index in [0.29, 0.717) is 0 Å². The zero-order chi connectivity index (χ0) is 13.5. The smallest absolute Gasteiger partial charge is 0.242 e. The number of carbonyl (C=O) groups is 1. The Kier molecular flexibility index (Phi) is 4.71. The van der Waals surface area contributed by atoms with E-state index in [-0.39, 0.29) is 23.7 Å². The first-order valence-electron chi connectivity index (χ1n) is 5.26. The Hall–Kier alpha value is -2.53. The maximum Gasteiger partial charge on any atom is 0.242 e. The van der Waals surface area contributed by atoms with E-state index in [1.807, 2.05) is 6.07 Å². The van der Waals surface area contributed by atoms with Gasteiger partial charge < -0.3 is 10.6 Å². The summed E-state index contributed by atoms with van der Waals surface area (Å²) in [7, 11) is 0. The summed E-state index contributed by atoms with van der Waals surface area (Å²) in [5, 5.41) is 13.8. The van der Waals surface area contributed by atoms with Crippen molar-refractivity contribution in [2.45, 2.75) is 13.0 Å². The number of amides is 1. The zero-order valence-electron chi connectivity index (χ0n) is 9.83. The van der Waals surface area contributed by atoms with E-state index in [1.165, 1.54) is 12.1 Å². The second-order valence-corrected chi connectivity index (χ2v) is 3.59. The molecule has 1 aromatic rings. The van der Waals surface area contributed by atoms with Crippen molar-refractivity contribution in [3.8, 4) is 18.4 Å². The van der Waals surface area contributed by atoms with Gasteiger partial charge in [-0.15, -0.1) is 6.42 Å². The highest BCUT2D eigenvalue weighted by atomic mass is 19.1. The van der Waals surface area contributed by atoms with Gasteiger partial charge in [0.15, 0.2) is 0 Å². The number of nitriles is 1. The van der Waals surface area contributed by atoms with Gasteiger partial charge in [-0.3, -0.25) is 4.79 Å². The molecule has 0 aliphatic carbocycles. The fourth-order valence-corrected chi connectivity index (χ4v) is 1.29. The van der Waals surface area contributed by atoms with Crippen LogP contribution in [0.1, 0.15) is 12.5 Å². The molecule has 1 unspecified atom stereocenters. The van der Waals surface area contributed by atoms with Crippen LogP contribution in [0.5, 0.6) is 0 Å². The van der Waals surface area contributed by atoms with E-state index >= 15 is 0 Å². The Bertz CT molecular complexity index is 528. The lowest BCUT2D eigenvalue weighted by Gasteiger charge is -2.14. The van der Waals surface area contributed by atoms with E-state index < -0.39 is 11.9 Å². The molecule has 0 bridgehead atoms. The van der Waals surface area contributed by atoms with Crippen molar-refractivity contribution in [2.75, 3.05) is 11.9 Å². The fraction of sp³-hybridized carbons (Fsp3) is 0.231. The van der Waals surface area contributed by atoms with Gasteiger partial charge >= 0.3 is 0 Å². The molecule has 0 aliphatic rings. The molecule has 0 fully saturated rings. The van der Waals surface area contributed by atoms with Gasteiger partial charge in [0.05, 0.1) is 23.9 Å². The molecule has 1 rings (SSSR count). The first-order chi connectivity index (χ1) is 8.58. The third kappa shape index (κ3) is 3.50. The van der Waals surface area contributed by atoms with Gasteiger partial charge in [-0.25, -0.2) is 4.39 Å². The number of carbonyl (C=O) groups excluding carboxylic acids is 1. The Morgan fingerprint density at radius 2 is 2.33 bits per heavy atom. The van der Waals surface area contributed by atoms with Crippen molar-refractivity contribution in [3.05, 3.63) is 29.6 Å². The zero-order valence-corrected chi connectivity index (χ0v) is 9.83. The Morgan fingerprint density at radius 1 is 1.61 bits per heavy atom. The van der Waals surface area contributed by atoms with Gasteiger partial charge in [0.1, 0.15) is 11.9 Å². The van der Waals surface area contributed by atoms with E-state index in [4.69, 9.17) is 11.7 Å². The van der Waals surface area contributed by atoms with Crippen LogP contribution in [0.4, 0.5) is 10.1 Å². The standard InChI is InChI=1S/C13H12FN3O/c1-3-6-16-13(18)9(2)17-12-5-4-10(8-15)7-11(12)14/h1,4-5,7,9,17H,6H2,2H3,(H,16,18). The fourth-order valence-electron chi connectivity index (χ4n) is 1.29. The number of hydrogen-bond acceptors (Lipinski definition) is 3. The monoisotopic (exact) mass is 245 g/mol. The minimum Gasteiger partial charge on any atom is -0.372 e. The maximum atomic E-state index is 13.5. The predicted molar refractivity (Wildman–Crippen MR) is 66.0 cm³/mol. The first kappa shape index (κ1) is 13.5. The molecule has 0 aromatic heterocycles. The van der Waals surface area contributed by atoms with Gasteiger partial charge in [0.25, 0.3) is 0 Å². The second kappa shape index (κ2) is 6.27. The number of anilines is 1. The molecule has 0 saturated heterocycles. The molecule has 4 nitrogen and oxygen atoms in total. The van der Waals surface area contributed by atoms with Gasteiger partial charge in [0, 0.05) is 0 Å². The number of nitrogens with zero attached hydrogens (tertiary/aromatic N) is 1. The summed E-state index contributed by atoms with van der Waals surface area (Å²) >= 11 is 0. The third-order valence-corrected chi connectivity index (χ3v) is 2.23. The first-order valence-corrected chi connectivity index (χ1v) is 5.26. The number of hydrogen-bond donors (Lipinski definition) is 2. The second-order valence-electron chi connectivity index (χ2n) is 3.59. The molecule has 0 radical (unpaired) electrons. The molecule has 0 saturated carbocycles. The van der Waals surface area contributed by atoms with Gasteiger partial charge in [-0.2, -0.15) is 5.26 Å². The highest BCUT2D eigenvalue weighted by molar-refractivity contribution is 5.84. The molecule has 1 atom stereocenters. The maximum absolute atomic E-state index is 13.5.